The SMILES string of the molecule is COc1ccc(N(CC(=O)Nc2cccc(F)c2)S(=O)(=O)c2c(C)noc2C)cc1. The van der Waals surface area contributed by atoms with E-state index in [1.54, 1.807) is 12.1 Å². The molecule has 30 heavy (non-hydrogen) atoms. The van der Waals surface area contributed by atoms with E-state index in [4.69, 9.17) is 9.26 Å². The maximum Gasteiger partial charge on any atom is 0.270 e. The zero-order chi connectivity index (χ0) is 21.9. The van der Waals surface area contributed by atoms with E-state index in [1.807, 2.05) is 0 Å². The summed E-state index contributed by atoms with van der Waals surface area (Å²) < 4.78 is 51.2. The number of ether oxygens (including phenoxy) is 1. The van der Waals surface area contributed by atoms with Crippen LogP contribution < -0.4 is 14.4 Å². The Hall–Kier alpha value is -3.40. The van der Waals surface area contributed by atoms with Crippen LogP contribution in [0.1, 0.15) is 11.5 Å². The van der Waals surface area contributed by atoms with Crippen molar-refractivity contribution in [2.45, 2.75) is 18.7 Å². The van der Waals surface area contributed by atoms with Gasteiger partial charge in [-0.15, -0.1) is 0 Å². The van der Waals surface area contributed by atoms with Crippen LogP contribution in [-0.4, -0.2) is 33.1 Å². The Kier molecular flexibility index (Phi) is 6.06. The molecule has 3 rings (SSSR count). The Morgan fingerprint density at radius 2 is 1.90 bits per heavy atom. The molecule has 0 saturated heterocycles. The minimum atomic E-state index is -4.19. The summed E-state index contributed by atoms with van der Waals surface area (Å²) in [7, 11) is -2.70. The molecule has 1 heterocycles. The molecule has 10 heteroatoms. The van der Waals surface area contributed by atoms with E-state index >= 15 is 0 Å². The van der Waals surface area contributed by atoms with Gasteiger partial charge in [0.05, 0.1) is 12.8 Å². The van der Waals surface area contributed by atoms with Crippen molar-refractivity contribution in [3.05, 3.63) is 65.8 Å². The molecule has 0 spiro atoms. The molecule has 1 amide bonds. The summed E-state index contributed by atoms with van der Waals surface area (Å²) in [5.74, 6) is -0.538. The number of halogens is 1. The van der Waals surface area contributed by atoms with Crippen molar-refractivity contribution in [2.24, 2.45) is 0 Å². The van der Waals surface area contributed by atoms with Gasteiger partial charge in [0.1, 0.15) is 23.8 Å². The lowest BCUT2D eigenvalue weighted by Crippen LogP contribution is -2.38. The Morgan fingerprint density at radius 3 is 2.47 bits per heavy atom. The number of anilines is 2. The Balaban J connectivity index is 1.98. The fourth-order valence-corrected chi connectivity index (χ4v) is 4.63. The quantitative estimate of drug-likeness (QED) is 0.614. The number of rotatable bonds is 7. The molecule has 0 unspecified atom stereocenters. The molecule has 0 fully saturated rings. The first-order valence-corrected chi connectivity index (χ1v) is 10.3. The lowest BCUT2D eigenvalue weighted by Gasteiger charge is -2.24. The van der Waals surface area contributed by atoms with Gasteiger partial charge in [-0.3, -0.25) is 9.10 Å². The number of hydrogen-bond acceptors (Lipinski definition) is 6. The number of benzene rings is 2. The summed E-state index contributed by atoms with van der Waals surface area (Å²) in [5, 5.41) is 6.20. The number of nitrogens with one attached hydrogen (secondary N) is 1. The third kappa shape index (κ3) is 4.43. The van der Waals surface area contributed by atoms with Crippen LogP contribution in [0, 0.1) is 19.7 Å². The van der Waals surface area contributed by atoms with Gasteiger partial charge in [-0.25, -0.2) is 12.8 Å². The Labute approximate surface area is 173 Å². The highest BCUT2D eigenvalue weighted by molar-refractivity contribution is 7.93. The molecule has 0 bridgehead atoms. The highest BCUT2D eigenvalue weighted by atomic mass is 32.2. The number of amides is 1. The van der Waals surface area contributed by atoms with E-state index in [9.17, 15) is 17.6 Å². The van der Waals surface area contributed by atoms with Gasteiger partial charge >= 0.3 is 0 Å². The number of carbonyl (C=O) groups excluding carboxylic acids is 1. The first-order valence-electron chi connectivity index (χ1n) is 8.87. The van der Waals surface area contributed by atoms with Crippen LogP contribution in [0.4, 0.5) is 15.8 Å². The largest absolute Gasteiger partial charge is 0.497 e. The van der Waals surface area contributed by atoms with Gasteiger partial charge in [-0.2, -0.15) is 0 Å². The molecule has 1 aromatic heterocycles. The molecule has 0 aliphatic carbocycles. The van der Waals surface area contributed by atoms with Crippen molar-refractivity contribution in [1.29, 1.82) is 0 Å². The highest BCUT2D eigenvalue weighted by Gasteiger charge is 2.32. The number of aryl methyl sites for hydroxylation is 2. The number of hydrogen-bond donors (Lipinski definition) is 1. The minimum absolute atomic E-state index is 0.108. The van der Waals surface area contributed by atoms with Crippen molar-refractivity contribution in [3.63, 3.8) is 0 Å². The Morgan fingerprint density at radius 1 is 1.20 bits per heavy atom. The van der Waals surface area contributed by atoms with Crippen molar-refractivity contribution in [3.8, 4) is 5.75 Å². The molecule has 0 aliphatic heterocycles. The van der Waals surface area contributed by atoms with Crippen LogP contribution in [0.15, 0.2) is 57.9 Å². The number of sulfonamides is 1. The van der Waals surface area contributed by atoms with Gasteiger partial charge in [-0.1, -0.05) is 11.2 Å². The minimum Gasteiger partial charge on any atom is -0.497 e. The normalized spacial score (nSPS) is 11.2. The number of nitrogens with zero attached hydrogens (tertiary/aromatic N) is 2. The Bertz CT molecular complexity index is 1140. The third-order valence-electron chi connectivity index (χ3n) is 4.27. The second-order valence-corrected chi connectivity index (χ2v) is 8.22. The van der Waals surface area contributed by atoms with E-state index in [2.05, 4.69) is 10.5 Å². The topological polar surface area (TPSA) is 102 Å². The second kappa shape index (κ2) is 8.54. The summed E-state index contributed by atoms with van der Waals surface area (Å²) in [6.45, 7) is 2.43. The number of methoxy groups -OCH3 is 1. The van der Waals surface area contributed by atoms with E-state index in [0.717, 1.165) is 10.4 Å². The first-order chi connectivity index (χ1) is 14.2. The average Bonchev–Trinajstić information content (AvgIpc) is 3.05. The predicted octanol–water partition coefficient (Wildman–Crippen LogP) is 3.27. The smallest absolute Gasteiger partial charge is 0.270 e. The number of carbonyl (C=O) groups is 1. The molecule has 0 radical (unpaired) electrons. The van der Waals surface area contributed by atoms with Crippen molar-refractivity contribution >= 4 is 27.3 Å². The third-order valence-corrected chi connectivity index (χ3v) is 6.29. The van der Waals surface area contributed by atoms with Crippen molar-refractivity contribution in [2.75, 3.05) is 23.3 Å². The molecular weight excluding hydrogens is 413 g/mol. The van der Waals surface area contributed by atoms with Crippen LogP contribution in [0.2, 0.25) is 0 Å². The lowest BCUT2D eigenvalue weighted by atomic mass is 10.3. The average molecular weight is 433 g/mol. The van der Waals surface area contributed by atoms with Crippen molar-refractivity contribution < 1.29 is 26.9 Å². The molecule has 158 valence electrons. The van der Waals surface area contributed by atoms with Gasteiger partial charge in [0, 0.05) is 5.69 Å². The standard InChI is InChI=1S/C20H20FN3O5S/c1-13-20(14(2)29-23-13)30(26,27)24(17-7-9-18(28-3)10-8-17)12-19(25)22-16-6-4-5-15(21)11-16/h4-11H,12H2,1-3H3,(H,22,25). The monoisotopic (exact) mass is 433 g/mol. The maximum atomic E-state index is 13.4. The summed E-state index contributed by atoms with van der Waals surface area (Å²) in [6, 6.07) is 11.5. The van der Waals surface area contributed by atoms with Gasteiger partial charge < -0.3 is 14.6 Å². The van der Waals surface area contributed by atoms with Gasteiger partial charge in [0.2, 0.25) is 5.91 Å². The number of aromatic nitrogens is 1. The summed E-state index contributed by atoms with van der Waals surface area (Å²) >= 11 is 0. The van der Waals surface area contributed by atoms with E-state index in [-0.39, 0.29) is 27.7 Å². The molecule has 0 saturated carbocycles. The zero-order valence-corrected chi connectivity index (χ0v) is 17.4. The highest BCUT2D eigenvalue weighted by Crippen LogP contribution is 2.29. The maximum absolute atomic E-state index is 13.4. The van der Waals surface area contributed by atoms with Crippen LogP contribution in [-0.2, 0) is 14.8 Å². The molecule has 1 N–H and O–H groups in total. The van der Waals surface area contributed by atoms with Crippen LogP contribution in [0.3, 0.4) is 0 Å². The molecule has 0 aliphatic rings. The molecule has 2 aromatic carbocycles. The van der Waals surface area contributed by atoms with Gasteiger partial charge in [-0.05, 0) is 56.3 Å². The molecular formula is C20H20FN3O5S. The lowest BCUT2D eigenvalue weighted by molar-refractivity contribution is -0.114. The van der Waals surface area contributed by atoms with Crippen LogP contribution in [0.25, 0.3) is 0 Å². The molecule has 8 nitrogen and oxygen atoms in total. The fraction of sp³-hybridized carbons (Fsp3) is 0.200. The van der Waals surface area contributed by atoms with Crippen molar-refractivity contribution in [1.82, 2.24) is 5.16 Å². The molecule has 0 atom stereocenters. The predicted molar refractivity (Wildman–Crippen MR) is 109 cm³/mol. The van der Waals surface area contributed by atoms with E-state index in [0.29, 0.717) is 5.75 Å². The zero-order valence-electron chi connectivity index (χ0n) is 16.5. The summed E-state index contributed by atoms with van der Waals surface area (Å²) in [5.41, 5.74) is 0.631. The molecule has 3 aromatic rings. The second-order valence-electron chi connectivity index (χ2n) is 6.42. The fourth-order valence-electron chi connectivity index (χ4n) is 2.91. The summed E-state index contributed by atoms with van der Waals surface area (Å²) in [6.07, 6.45) is 0. The van der Waals surface area contributed by atoms with E-state index < -0.39 is 28.3 Å². The van der Waals surface area contributed by atoms with Crippen LogP contribution >= 0.6 is 0 Å². The van der Waals surface area contributed by atoms with Gasteiger partial charge in [0.25, 0.3) is 10.0 Å². The van der Waals surface area contributed by atoms with Gasteiger partial charge in [0.15, 0.2) is 10.7 Å². The first kappa shape index (κ1) is 21.3. The van der Waals surface area contributed by atoms with E-state index in [1.165, 1.54) is 51.3 Å². The summed E-state index contributed by atoms with van der Waals surface area (Å²) in [4.78, 5) is 12.5. The van der Waals surface area contributed by atoms with Crippen LogP contribution in [0.5, 0.6) is 5.75 Å².